The lowest BCUT2D eigenvalue weighted by Gasteiger charge is -2.26. The van der Waals surface area contributed by atoms with Crippen molar-refractivity contribution in [3.63, 3.8) is 0 Å². The summed E-state index contributed by atoms with van der Waals surface area (Å²) in [6, 6.07) is 0.262. The Balaban J connectivity index is 2.39. The fourth-order valence-corrected chi connectivity index (χ4v) is 2.40. The van der Waals surface area contributed by atoms with Crippen LogP contribution < -0.4 is 5.32 Å². The van der Waals surface area contributed by atoms with Gasteiger partial charge in [0.1, 0.15) is 0 Å². The van der Waals surface area contributed by atoms with Crippen LogP contribution in [0.25, 0.3) is 0 Å². The van der Waals surface area contributed by atoms with E-state index < -0.39 is 5.97 Å². The van der Waals surface area contributed by atoms with Gasteiger partial charge >= 0.3 is 5.97 Å². The smallest absolute Gasteiger partial charge is 0.317 e. The molecular formula is C13H24N2O3. The Morgan fingerprint density at radius 1 is 1.28 bits per heavy atom. The van der Waals surface area contributed by atoms with Gasteiger partial charge in [0, 0.05) is 12.6 Å². The van der Waals surface area contributed by atoms with Crippen LogP contribution in [0.5, 0.6) is 0 Å². The van der Waals surface area contributed by atoms with Gasteiger partial charge in [-0.25, -0.2) is 0 Å². The SMILES string of the molecule is CCCCNC(=O)CN(CC(=O)O)C1CCCC1. The van der Waals surface area contributed by atoms with E-state index in [9.17, 15) is 9.59 Å². The number of rotatable bonds is 8. The van der Waals surface area contributed by atoms with E-state index in [0.29, 0.717) is 6.54 Å². The second-order valence-electron chi connectivity index (χ2n) is 4.94. The van der Waals surface area contributed by atoms with E-state index in [2.05, 4.69) is 12.2 Å². The van der Waals surface area contributed by atoms with Crippen LogP contribution in [-0.2, 0) is 9.59 Å². The molecule has 5 heteroatoms. The highest BCUT2D eigenvalue weighted by molar-refractivity contribution is 5.79. The molecule has 0 atom stereocenters. The Hall–Kier alpha value is -1.10. The van der Waals surface area contributed by atoms with Gasteiger partial charge in [0.2, 0.25) is 5.91 Å². The van der Waals surface area contributed by atoms with Crippen LogP contribution in [0.2, 0.25) is 0 Å². The molecule has 0 heterocycles. The molecule has 0 aromatic rings. The lowest BCUT2D eigenvalue weighted by atomic mass is 10.2. The summed E-state index contributed by atoms with van der Waals surface area (Å²) in [5.41, 5.74) is 0. The lowest BCUT2D eigenvalue weighted by Crippen LogP contribution is -2.44. The van der Waals surface area contributed by atoms with Crippen molar-refractivity contribution in [1.29, 1.82) is 0 Å². The maximum absolute atomic E-state index is 11.7. The standard InChI is InChI=1S/C13H24N2O3/c1-2-3-8-14-12(16)9-15(10-13(17)18)11-6-4-5-7-11/h11H,2-10H2,1H3,(H,14,16)(H,17,18). The molecule has 0 aliphatic heterocycles. The van der Waals surface area contributed by atoms with Crippen LogP contribution >= 0.6 is 0 Å². The Morgan fingerprint density at radius 3 is 2.50 bits per heavy atom. The molecule has 104 valence electrons. The fourth-order valence-electron chi connectivity index (χ4n) is 2.40. The molecule has 1 aliphatic carbocycles. The zero-order valence-electron chi connectivity index (χ0n) is 11.2. The van der Waals surface area contributed by atoms with E-state index in [1.807, 2.05) is 0 Å². The molecule has 1 fully saturated rings. The van der Waals surface area contributed by atoms with Gasteiger partial charge in [-0.1, -0.05) is 26.2 Å². The maximum atomic E-state index is 11.7. The molecule has 0 bridgehead atoms. The van der Waals surface area contributed by atoms with E-state index in [-0.39, 0.29) is 25.0 Å². The maximum Gasteiger partial charge on any atom is 0.317 e. The van der Waals surface area contributed by atoms with Crippen molar-refractivity contribution in [3.05, 3.63) is 0 Å². The van der Waals surface area contributed by atoms with Crippen molar-refractivity contribution in [1.82, 2.24) is 10.2 Å². The van der Waals surface area contributed by atoms with Crippen molar-refractivity contribution < 1.29 is 14.7 Å². The first-order chi connectivity index (χ1) is 8.63. The number of carbonyl (C=O) groups excluding carboxylic acids is 1. The molecule has 0 aromatic carbocycles. The molecule has 0 radical (unpaired) electrons. The molecule has 2 N–H and O–H groups in total. The van der Waals surface area contributed by atoms with Crippen LogP contribution in [0.3, 0.4) is 0 Å². The number of carboxylic acids is 1. The Morgan fingerprint density at radius 2 is 1.94 bits per heavy atom. The first-order valence-corrected chi connectivity index (χ1v) is 6.86. The summed E-state index contributed by atoms with van der Waals surface area (Å²) in [4.78, 5) is 24.4. The fraction of sp³-hybridized carbons (Fsp3) is 0.846. The molecular weight excluding hydrogens is 232 g/mol. The van der Waals surface area contributed by atoms with E-state index in [1.54, 1.807) is 4.90 Å². The van der Waals surface area contributed by atoms with Crippen LogP contribution in [-0.4, -0.2) is 47.6 Å². The number of carboxylic acid groups (broad SMARTS) is 1. The average molecular weight is 256 g/mol. The quantitative estimate of drug-likeness (QED) is 0.641. The second-order valence-corrected chi connectivity index (χ2v) is 4.94. The minimum atomic E-state index is -0.858. The molecule has 0 aromatic heterocycles. The van der Waals surface area contributed by atoms with Gasteiger partial charge in [-0.2, -0.15) is 0 Å². The number of nitrogens with one attached hydrogen (secondary N) is 1. The van der Waals surface area contributed by atoms with Crippen molar-refractivity contribution in [2.45, 2.75) is 51.5 Å². The van der Waals surface area contributed by atoms with Gasteiger partial charge in [0.25, 0.3) is 0 Å². The van der Waals surface area contributed by atoms with Gasteiger partial charge in [-0.05, 0) is 19.3 Å². The predicted octanol–water partition coefficient (Wildman–Crippen LogP) is 1.23. The van der Waals surface area contributed by atoms with Gasteiger partial charge in [-0.15, -0.1) is 0 Å². The van der Waals surface area contributed by atoms with E-state index in [4.69, 9.17) is 5.11 Å². The molecule has 5 nitrogen and oxygen atoms in total. The van der Waals surface area contributed by atoms with Crippen LogP contribution in [0.4, 0.5) is 0 Å². The predicted molar refractivity (Wildman–Crippen MR) is 69.4 cm³/mol. The molecule has 1 rings (SSSR count). The number of hydrogen-bond donors (Lipinski definition) is 2. The number of amides is 1. The van der Waals surface area contributed by atoms with Gasteiger partial charge in [-0.3, -0.25) is 14.5 Å². The van der Waals surface area contributed by atoms with Crippen molar-refractivity contribution in [3.8, 4) is 0 Å². The highest BCUT2D eigenvalue weighted by Gasteiger charge is 2.25. The average Bonchev–Trinajstić information content (AvgIpc) is 2.81. The Bertz CT molecular complexity index is 275. The summed E-state index contributed by atoms with van der Waals surface area (Å²) in [6.07, 6.45) is 6.30. The van der Waals surface area contributed by atoms with E-state index in [1.165, 1.54) is 0 Å². The first kappa shape index (κ1) is 15.0. The van der Waals surface area contributed by atoms with Crippen LogP contribution in [0.1, 0.15) is 45.4 Å². The molecule has 0 saturated heterocycles. The minimum Gasteiger partial charge on any atom is -0.480 e. The molecule has 1 saturated carbocycles. The molecule has 1 amide bonds. The summed E-state index contributed by atoms with van der Waals surface area (Å²) in [5.74, 6) is -0.917. The summed E-state index contributed by atoms with van der Waals surface area (Å²) in [6.45, 7) is 2.93. The minimum absolute atomic E-state index is 0.0358. The van der Waals surface area contributed by atoms with Gasteiger partial charge < -0.3 is 10.4 Å². The molecule has 1 aliphatic rings. The topological polar surface area (TPSA) is 69.6 Å². The van der Waals surface area contributed by atoms with Crippen LogP contribution in [0.15, 0.2) is 0 Å². The van der Waals surface area contributed by atoms with Crippen molar-refractivity contribution in [2.75, 3.05) is 19.6 Å². The van der Waals surface area contributed by atoms with Crippen LogP contribution in [0, 0.1) is 0 Å². The Kier molecular flexibility index (Phi) is 6.72. The number of nitrogens with zero attached hydrogens (tertiary/aromatic N) is 1. The number of unbranched alkanes of at least 4 members (excludes halogenated alkanes) is 1. The first-order valence-electron chi connectivity index (χ1n) is 6.86. The van der Waals surface area contributed by atoms with E-state index >= 15 is 0 Å². The third-order valence-corrected chi connectivity index (χ3v) is 3.38. The lowest BCUT2D eigenvalue weighted by molar-refractivity contribution is -0.139. The second kappa shape index (κ2) is 8.08. The summed E-state index contributed by atoms with van der Waals surface area (Å²) < 4.78 is 0. The molecule has 0 spiro atoms. The summed E-state index contributed by atoms with van der Waals surface area (Å²) >= 11 is 0. The molecule has 18 heavy (non-hydrogen) atoms. The largest absolute Gasteiger partial charge is 0.480 e. The summed E-state index contributed by atoms with van der Waals surface area (Å²) in [7, 11) is 0. The monoisotopic (exact) mass is 256 g/mol. The third kappa shape index (κ3) is 5.49. The van der Waals surface area contributed by atoms with Crippen molar-refractivity contribution >= 4 is 11.9 Å². The zero-order valence-corrected chi connectivity index (χ0v) is 11.2. The normalized spacial score (nSPS) is 16.1. The van der Waals surface area contributed by atoms with Crippen molar-refractivity contribution in [2.24, 2.45) is 0 Å². The number of hydrogen-bond acceptors (Lipinski definition) is 3. The third-order valence-electron chi connectivity index (χ3n) is 3.38. The number of aliphatic carboxylic acids is 1. The van der Waals surface area contributed by atoms with Gasteiger partial charge in [0.05, 0.1) is 13.1 Å². The van der Waals surface area contributed by atoms with Gasteiger partial charge in [0.15, 0.2) is 0 Å². The Labute approximate surface area is 109 Å². The number of carbonyl (C=O) groups is 2. The molecule has 0 unspecified atom stereocenters. The zero-order chi connectivity index (χ0) is 13.4. The highest BCUT2D eigenvalue weighted by Crippen LogP contribution is 2.22. The van der Waals surface area contributed by atoms with E-state index in [0.717, 1.165) is 38.5 Å². The highest BCUT2D eigenvalue weighted by atomic mass is 16.4. The summed E-state index contributed by atoms with van der Waals surface area (Å²) in [5, 5.41) is 11.7.